The third kappa shape index (κ3) is 5.12. The Balaban J connectivity index is 1.16. The molecule has 0 aromatic rings. The third-order valence-electron chi connectivity index (χ3n) is 12.6. The molecule has 50 heavy (non-hydrogen) atoms. The Morgan fingerprint density at radius 1 is 0.980 bits per heavy atom. The molecule has 6 bridgehead atoms. The van der Waals surface area contributed by atoms with Gasteiger partial charge in [0.1, 0.15) is 25.1 Å². The van der Waals surface area contributed by atoms with Crippen LogP contribution in [0, 0.1) is 46.8 Å². The highest BCUT2D eigenvalue weighted by Gasteiger charge is 2.74. The summed E-state index contributed by atoms with van der Waals surface area (Å²) >= 11 is 0. The van der Waals surface area contributed by atoms with Gasteiger partial charge in [-0.25, -0.2) is 0 Å². The average molecular weight is 750 g/mol. The second-order valence-electron chi connectivity index (χ2n) is 16.0. The number of carbonyl (C=O) groups excluding carboxylic acids is 3. The molecule has 1 amide bonds. The van der Waals surface area contributed by atoms with Gasteiger partial charge in [0.15, 0.2) is 5.79 Å². The van der Waals surface area contributed by atoms with Crippen LogP contribution in [0.5, 0.6) is 0 Å². The molecular formula is C31H38F7NO10S. The molecule has 1 spiro atoms. The van der Waals surface area contributed by atoms with Crippen molar-refractivity contribution in [2.45, 2.75) is 107 Å². The first-order chi connectivity index (χ1) is 22.9. The molecule has 9 unspecified atom stereocenters. The Hall–Kier alpha value is -2.25. The quantitative estimate of drug-likeness (QED) is 0.231. The molecule has 6 saturated carbocycles. The van der Waals surface area contributed by atoms with E-state index in [4.69, 9.17) is 18.9 Å². The van der Waals surface area contributed by atoms with Crippen LogP contribution in [-0.2, 0) is 43.4 Å². The molecule has 282 valence electrons. The van der Waals surface area contributed by atoms with Crippen LogP contribution in [0.3, 0.4) is 0 Å². The number of nitrogens with zero attached hydrogens (tertiary/aromatic N) is 1. The molecule has 19 heteroatoms. The lowest BCUT2D eigenvalue weighted by atomic mass is 9.47. The zero-order valence-electron chi connectivity index (χ0n) is 27.3. The van der Waals surface area contributed by atoms with Crippen LogP contribution in [0.2, 0.25) is 0 Å². The van der Waals surface area contributed by atoms with Crippen molar-refractivity contribution in [1.29, 1.82) is 0 Å². The molecular weight excluding hydrogens is 711 g/mol. The van der Waals surface area contributed by atoms with E-state index in [-0.39, 0.29) is 25.2 Å². The minimum absolute atomic E-state index is 0.0158. The highest BCUT2D eigenvalue weighted by atomic mass is 32.2. The van der Waals surface area contributed by atoms with Crippen LogP contribution in [0.15, 0.2) is 0 Å². The Morgan fingerprint density at radius 2 is 1.54 bits per heavy atom. The van der Waals surface area contributed by atoms with Gasteiger partial charge in [0.05, 0.1) is 23.3 Å². The van der Waals surface area contributed by atoms with Crippen molar-refractivity contribution >= 4 is 28.0 Å². The Morgan fingerprint density at radius 3 is 2.04 bits per heavy atom. The second-order valence-corrected chi connectivity index (χ2v) is 17.5. The summed E-state index contributed by atoms with van der Waals surface area (Å²) in [5.41, 5.74) is -4.85. The Labute approximate surface area is 282 Å². The van der Waals surface area contributed by atoms with Gasteiger partial charge in [-0.05, 0) is 71.1 Å². The summed E-state index contributed by atoms with van der Waals surface area (Å²) in [6.45, 7) is 0.558. The van der Waals surface area contributed by atoms with Crippen LogP contribution in [0.4, 0.5) is 30.7 Å². The number of hydrogen-bond acceptors (Lipinski definition) is 9. The van der Waals surface area contributed by atoms with Crippen LogP contribution < -0.4 is 0 Å². The summed E-state index contributed by atoms with van der Waals surface area (Å²) in [5, 5.41) is 0. The summed E-state index contributed by atoms with van der Waals surface area (Å²) in [7, 11) is -5.29. The number of ether oxygens (including phenoxy) is 4. The third-order valence-corrected chi connectivity index (χ3v) is 13.5. The average Bonchev–Trinajstić information content (AvgIpc) is 3.55. The molecule has 0 radical (unpaired) electrons. The van der Waals surface area contributed by atoms with E-state index in [0.29, 0.717) is 26.2 Å². The fraction of sp³-hybridized carbons (Fsp3) is 0.903. The Kier molecular flexibility index (Phi) is 7.87. The van der Waals surface area contributed by atoms with Gasteiger partial charge in [0.2, 0.25) is 11.5 Å². The van der Waals surface area contributed by atoms with Gasteiger partial charge in [-0.1, -0.05) is 0 Å². The number of hydrogen-bond donors (Lipinski definition) is 1. The topological polar surface area (TPSA) is 146 Å². The molecule has 0 aromatic heterocycles. The minimum Gasteiger partial charge on any atom is -0.459 e. The molecule has 1 N–H and O–H groups in total. The number of esters is 2. The number of likely N-dealkylation sites (tertiary alicyclic amines) is 1. The maximum absolute atomic E-state index is 14.3. The van der Waals surface area contributed by atoms with Crippen molar-refractivity contribution < 1.29 is 77.0 Å². The smallest absolute Gasteiger partial charge is 0.429 e. The van der Waals surface area contributed by atoms with Gasteiger partial charge in [0, 0.05) is 23.8 Å². The lowest BCUT2D eigenvalue weighted by Gasteiger charge is -2.62. The minimum atomic E-state index is -5.43. The molecule has 0 aromatic carbocycles. The zero-order valence-corrected chi connectivity index (χ0v) is 28.1. The molecule has 2 saturated heterocycles. The molecule has 9 atom stereocenters. The van der Waals surface area contributed by atoms with E-state index in [0.717, 1.165) is 0 Å². The summed E-state index contributed by atoms with van der Waals surface area (Å²) in [5.74, 6) is -21.1. The van der Waals surface area contributed by atoms with E-state index in [2.05, 4.69) is 0 Å². The van der Waals surface area contributed by atoms with Crippen LogP contribution in [0.1, 0.15) is 59.3 Å². The molecule has 11 nitrogen and oxygen atoms in total. The normalized spacial score (nSPS) is 41.8. The van der Waals surface area contributed by atoms with E-state index in [9.17, 15) is 58.1 Å². The predicted octanol–water partition coefficient (Wildman–Crippen LogP) is 3.99. The predicted molar refractivity (Wildman–Crippen MR) is 152 cm³/mol. The van der Waals surface area contributed by atoms with Gasteiger partial charge in [-0.15, -0.1) is 0 Å². The monoisotopic (exact) mass is 749 g/mol. The van der Waals surface area contributed by atoms with Crippen molar-refractivity contribution in [3.8, 4) is 0 Å². The maximum Gasteiger partial charge on any atom is 0.429 e. The van der Waals surface area contributed by atoms with E-state index >= 15 is 0 Å². The molecule has 6 aliphatic carbocycles. The van der Waals surface area contributed by atoms with Crippen molar-refractivity contribution in [3.05, 3.63) is 0 Å². The first-order valence-electron chi connectivity index (χ1n) is 16.7. The number of alkyl halides is 7. The molecule has 8 rings (SSSR count). The first kappa shape index (κ1) is 36.1. The number of fused-ring (bicyclic) bond motifs is 1. The van der Waals surface area contributed by atoms with Crippen molar-refractivity contribution in [3.63, 3.8) is 0 Å². The Bertz CT molecular complexity index is 1550. The van der Waals surface area contributed by atoms with Crippen LogP contribution in [-0.4, -0.2) is 102 Å². The number of halogens is 7. The summed E-state index contributed by atoms with van der Waals surface area (Å²) < 4.78 is 153. The van der Waals surface area contributed by atoms with Gasteiger partial charge in [-0.3, -0.25) is 18.9 Å². The maximum atomic E-state index is 14.3. The number of carbonyl (C=O) groups is 3. The SMILES string of the molecule is CC(C)N1C(=O)C2C3CC(C(OC(=O)C45CC6CC(C4)C4(OCC(F)(F)C(F)(F)CO4)C(C6)C5)C31)C2C(=O)OC(C)(CS(=O)(=O)O)C(F)(F)F. The first-order valence-corrected chi connectivity index (χ1v) is 18.3. The van der Waals surface area contributed by atoms with Crippen molar-refractivity contribution in [2.24, 2.45) is 46.8 Å². The van der Waals surface area contributed by atoms with E-state index in [1.807, 2.05) is 0 Å². The highest BCUT2D eigenvalue weighted by molar-refractivity contribution is 7.85. The number of rotatable bonds is 7. The van der Waals surface area contributed by atoms with E-state index < -0.39 is 135 Å². The summed E-state index contributed by atoms with van der Waals surface area (Å²) in [6, 6.07) is -1.18. The van der Waals surface area contributed by atoms with Gasteiger partial charge >= 0.3 is 30.0 Å². The zero-order chi connectivity index (χ0) is 36.8. The second kappa shape index (κ2) is 10.9. The van der Waals surface area contributed by atoms with Gasteiger partial charge in [0.25, 0.3) is 10.1 Å². The van der Waals surface area contributed by atoms with Crippen molar-refractivity contribution in [1.82, 2.24) is 4.90 Å². The van der Waals surface area contributed by atoms with Gasteiger partial charge in [-0.2, -0.15) is 39.2 Å². The van der Waals surface area contributed by atoms with Crippen LogP contribution >= 0.6 is 0 Å². The fourth-order valence-corrected chi connectivity index (χ4v) is 11.7. The lowest BCUT2D eigenvalue weighted by Crippen LogP contribution is -2.65. The van der Waals surface area contributed by atoms with E-state index in [1.54, 1.807) is 13.8 Å². The molecule has 8 fully saturated rings. The summed E-state index contributed by atoms with van der Waals surface area (Å²) in [4.78, 5) is 43.0. The highest BCUT2D eigenvalue weighted by Crippen LogP contribution is 2.67. The fourth-order valence-electron chi connectivity index (χ4n) is 10.8. The lowest BCUT2D eigenvalue weighted by molar-refractivity contribution is -0.346. The van der Waals surface area contributed by atoms with Crippen molar-refractivity contribution in [2.75, 3.05) is 19.0 Å². The number of amides is 1. The molecule has 2 aliphatic heterocycles. The summed E-state index contributed by atoms with van der Waals surface area (Å²) in [6.07, 6.45) is -5.33. The largest absolute Gasteiger partial charge is 0.459 e. The van der Waals surface area contributed by atoms with Gasteiger partial charge < -0.3 is 23.8 Å². The van der Waals surface area contributed by atoms with E-state index in [1.165, 1.54) is 4.90 Å². The van der Waals surface area contributed by atoms with Crippen LogP contribution in [0.25, 0.3) is 0 Å². The molecule has 2 heterocycles. The molecule has 8 aliphatic rings. The standard InChI is InChI=1S/C31H38F7NO10S/c1-13(2)39-21-17-6-18(20(19(17)23(39)40)24(41)49-26(3,31(36,37)38)12-50(43,44)45)22(21)48-25(42)27-7-14-4-15(8-27)30(16(5-14)9-27)46-10-28(32,33)29(34,35)11-47-30/h13-22H,4-12H2,1-3H3,(H,43,44,45).